The molecule has 0 amide bonds. The molecular formula is C29H46O10. The molecule has 39 heavy (non-hydrogen) atoms. The normalized spacial score (nSPS) is 24.7. The molecule has 10 nitrogen and oxygen atoms in total. The summed E-state index contributed by atoms with van der Waals surface area (Å²) in [6.45, 7) is 2.77. The van der Waals surface area contributed by atoms with E-state index in [1.54, 1.807) is 0 Å². The predicted molar refractivity (Wildman–Crippen MR) is 145 cm³/mol. The SMILES string of the molecule is CC/C=C\C/C=C\C/C=C\C/C=C\CCC(=O)OC(COC(=O)CCC)COC1OC(CO)C(O)C(O)C1O. The summed E-state index contributed by atoms with van der Waals surface area (Å²) in [5.74, 6) is -0.974. The molecule has 1 aliphatic rings. The van der Waals surface area contributed by atoms with E-state index in [2.05, 4.69) is 43.4 Å². The molecule has 1 fully saturated rings. The van der Waals surface area contributed by atoms with Crippen LogP contribution in [0.4, 0.5) is 0 Å². The fourth-order valence-corrected chi connectivity index (χ4v) is 3.53. The van der Waals surface area contributed by atoms with Gasteiger partial charge in [-0.3, -0.25) is 9.59 Å². The van der Waals surface area contributed by atoms with Crippen LogP contribution in [0.1, 0.15) is 65.2 Å². The topological polar surface area (TPSA) is 152 Å². The number of aliphatic hydroxyl groups excluding tert-OH is 4. The summed E-state index contributed by atoms with van der Waals surface area (Å²) in [4.78, 5) is 24.2. The Morgan fingerprint density at radius 1 is 0.795 bits per heavy atom. The summed E-state index contributed by atoms with van der Waals surface area (Å²) in [6.07, 6.45) is 13.3. The number of carbonyl (C=O) groups excluding carboxylic acids is 2. The van der Waals surface area contributed by atoms with Gasteiger partial charge in [-0.05, 0) is 38.5 Å². The summed E-state index contributed by atoms with van der Waals surface area (Å²) in [6, 6.07) is 0. The van der Waals surface area contributed by atoms with Crippen LogP contribution in [-0.2, 0) is 28.5 Å². The van der Waals surface area contributed by atoms with Crippen molar-refractivity contribution in [2.75, 3.05) is 19.8 Å². The Balaban J connectivity index is 2.48. The van der Waals surface area contributed by atoms with Crippen LogP contribution in [-0.4, -0.2) is 89.0 Å². The first-order valence-electron chi connectivity index (χ1n) is 13.7. The third kappa shape index (κ3) is 15.1. The molecule has 6 unspecified atom stereocenters. The molecule has 0 radical (unpaired) electrons. The van der Waals surface area contributed by atoms with E-state index in [9.17, 15) is 30.0 Å². The summed E-state index contributed by atoms with van der Waals surface area (Å²) >= 11 is 0. The Morgan fingerprint density at radius 3 is 2.00 bits per heavy atom. The average Bonchev–Trinajstić information content (AvgIpc) is 2.92. The first kappa shape index (κ1) is 34.7. The molecule has 0 aromatic carbocycles. The zero-order valence-corrected chi connectivity index (χ0v) is 23.1. The van der Waals surface area contributed by atoms with Crippen LogP contribution >= 0.6 is 0 Å². The first-order valence-corrected chi connectivity index (χ1v) is 13.7. The van der Waals surface area contributed by atoms with Crippen LogP contribution in [0.5, 0.6) is 0 Å². The second-order valence-corrected chi connectivity index (χ2v) is 9.12. The number of carbonyl (C=O) groups is 2. The maximum Gasteiger partial charge on any atom is 0.306 e. The Labute approximate surface area is 231 Å². The zero-order valence-electron chi connectivity index (χ0n) is 23.1. The van der Waals surface area contributed by atoms with Crippen molar-refractivity contribution in [3.8, 4) is 0 Å². The highest BCUT2D eigenvalue weighted by atomic mass is 16.7. The van der Waals surface area contributed by atoms with Crippen LogP contribution in [0.25, 0.3) is 0 Å². The van der Waals surface area contributed by atoms with Gasteiger partial charge in [-0.25, -0.2) is 0 Å². The highest BCUT2D eigenvalue weighted by Crippen LogP contribution is 2.22. The van der Waals surface area contributed by atoms with Gasteiger partial charge in [0.15, 0.2) is 12.4 Å². The molecule has 4 N–H and O–H groups in total. The smallest absolute Gasteiger partial charge is 0.306 e. The average molecular weight is 555 g/mol. The lowest BCUT2D eigenvalue weighted by Crippen LogP contribution is -2.59. The van der Waals surface area contributed by atoms with Gasteiger partial charge in [-0.2, -0.15) is 0 Å². The first-order chi connectivity index (χ1) is 18.8. The van der Waals surface area contributed by atoms with Crippen molar-refractivity contribution in [2.45, 2.75) is 102 Å². The quantitative estimate of drug-likeness (QED) is 0.138. The second-order valence-electron chi connectivity index (χ2n) is 9.12. The third-order valence-electron chi connectivity index (χ3n) is 5.71. The molecule has 0 aliphatic carbocycles. The molecule has 0 saturated carbocycles. The molecule has 0 aromatic heterocycles. The minimum absolute atomic E-state index is 0.105. The monoisotopic (exact) mass is 554 g/mol. The molecule has 10 heteroatoms. The van der Waals surface area contributed by atoms with Crippen molar-refractivity contribution in [1.29, 1.82) is 0 Å². The number of hydrogen-bond acceptors (Lipinski definition) is 10. The molecule has 0 bridgehead atoms. The Hall–Kier alpha value is -2.34. The van der Waals surface area contributed by atoms with E-state index in [4.69, 9.17) is 18.9 Å². The molecule has 1 rings (SSSR count). The van der Waals surface area contributed by atoms with E-state index in [1.807, 2.05) is 19.1 Å². The maximum atomic E-state index is 12.4. The van der Waals surface area contributed by atoms with Gasteiger partial charge >= 0.3 is 11.9 Å². The number of ether oxygens (including phenoxy) is 4. The molecule has 1 saturated heterocycles. The summed E-state index contributed by atoms with van der Waals surface area (Å²) in [5.41, 5.74) is 0. The molecule has 0 aromatic rings. The fourth-order valence-electron chi connectivity index (χ4n) is 3.53. The van der Waals surface area contributed by atoms with Gasteiger partial charge in [0.2, 0.25) is 0 Å². The zero-order chi connectivity index (χ0) is 28.9. The lowest BCUT2D eigenvalue weighted by atomic mass is 9.99. The van der Waals surface area contributed by atoms with E-state index >= 15 is 0 Å². The summed E-state index contributed by atoms with van der Waals surface area (Å²) in [7, 11) is 0. The van der Waals surface area contributed by atoms with Gasteiger partial charge in [-0.15, -0.1) is 0 Å². The van der Waals surface area contributed by atoms with Crippen molar-refractivity contribution in [3.05, 3.63) is 48.6 Å². The van der Waals surface area contributed by atoms with E-state index in [-0.39, 0.29) is 26.1 Å². The van der Waals surface area contributed by atoms with Crippen LogP contribution in [0, 0.1) is 0 Å². The van der Waals surface area contributed by atoms with E-state index in [1.165, 1.54) is 0 Å². The van der Waals surface area contributed by atoms with E-state index in [0.717, 1.165) is 25.7 Å². The second kappa shape index (κ2) is 21.5. The maximum absolute atomic E-state index is 12.4. The molecule has 1 aliphatic heterocycles. The standard InChI is InChI=1S/C29H46O10/c1-3-5-6-7-8-9-10-11-12-13-14-15-16-18-25(32)38-22(20-36-24(31)17-4-2)21-37-29-28(35)27(34)26(33)23(19-30)39-29/h5-6,8-9,11-12,14-15,22-23,26-30,33-35H,3-4,7,10,13,16-21H2,1-2H3/b6-5-,9-8-,12-11-,15-14-. The summed E-state index contributed by atoms with van der Waals surface area (Å²) in [5, 5.41) is 39.3. The molecule has 6 atom stereocenters. The van der Waals surface area contributed by atoms with Crippen molar-refractivity contribution < 1.29 is 49.0 Å². The molecule has 0 spiro atoms. The van der Waals surface area contributed by atoms with Crippen molar-refractivity contribution in [3.63, 3.8) is 0 Å². The minimum atomic E-state index is -1.60. The molecule has 222 valence electrons. The number of aliphatic hydroxyl groups is 4. The van der Waals surface area contributed by atoms with Crippen LogP contribution in [0.15, 0.2) is 48.6 Å². The van der Waals surface area contributed by atoms with Gasteiger partial charge in [0.1, 0.15) is 31.0 Å². The van der Waals surface area contributed by atoms with Crippen LogP contribution in [0.3, 0.4) is 0 Å². The van der Waals surface area contributed by atoms with Gasteiger partial charge in [-0.1, -0.05) is 62.5 Å². The number of hydrogen-bond donors (Lipinski definition) is 4. The van der Waals surface area contributed by atoms with Gasteiger partial charge in [0.25, 0.3) is 0 Å². The predicted octanol–water partition coefficient (Wildman–Crippen LogP) is 2.64. The van der Waals surface area contributed by atoms with Crippen LogP contribution in [0.2, 0.25) is 0 Å². The van der Waals surface area contributed by atoms with Gasteiger partial charge in [0.05, 0.1) is 13.2 Å². The fraction of sp³-hybridized carbons (Fsp3) is 0.655. The lowest BCUT2D eigenvalue weighted by molar-refractivity contribution is -0.305. The van der Waals surface area contributed by atoms with E-state index < -0.39 is 55.4 Å². The highest BCUT2D eigenvalue weighted by Gasteiger charge is 2.44. The third-order valence-corrected chi connectivity index (χ3v) is 5.71. The number of esters is 2. The van der Waals surface area contributed by atoms with Crippen molar-refractivity contribution in [1.82, 2.24) is 0 Å². The lowest BCUT2D eigenvalue weighted by Gasteiger charge is -2.39. The Morgan fingerprint density at radius 2 is 1.41 bits per heavy atom. The Bertz CT molecular complexity index is 789. The Kier molecular flexibility index (Phi) is 19.1. The largest absolute Gasteiger partial charge is 0.462 e. The van der Waals surface area contributed by atoms with Gasteiger partial charge in [0, 0.05) is 12.8 Å². The van der Waals surface area contributed by atoms with Crippen molar-refractivity contribution in [2.24, 2.45) is 0 Å². The summed E-state index contributed by atoms with van der Waals surface area (Å²) < 4.78 is 21.3. The molecule has 1 heterocycles. The van der Waals surface area contributed by atoms with Gasteiger partial charge < -0.3 is 39.4 Å². The number of rotatable bonds is 19. The highest BCUT2D eigenvalue weighted by molar-refractivity contribution is 5.70. The number of allylic oxidation sites excluding steroid dienone is 8. The minimum Gasteiger partial charge on any atom is -0.462 e. The molecular weight excluding hydrogens is 508 g/mol. The van der Waals surface area contributed by atoms with Crippen LogP contribution < -0.4 is 0 Å². The van der Waals surface area contributed by atoms with E-state index in [0.29, 0.717) is 12.8 Å². The van der Waals surface area contributed by atoms with Crippen molar-refractivity contribution >= 4 is 11.9 Å².